The van der Waals surface area contributed by atoms with Crippen LogP contribution in [0.1, 0.15) is 27.7 Å². The predicted octanol–water partition coefficient (Wildman–Crippen LogP) is 9.31. The van der Waals surface area contributed by atoms with Crippen LogP contribution in [-0.2, 0) is 22.4 Å². The van der Waals surface area contributed by atoms with Gasteiger partial charge in [-0.1, -0.05) is 0 Å². The zero-order chi connectivity index (χ0) is 32.2. The molecule has 0 radical (unpaired) electrons. The van der Waals surface area contributed by atoms with E-state index in [9.17, 15) is 78.4 Å². The van der Waals surface area contributed by atoms with Crippen LogP contribution in [0.3, 0.4) is 0 Å². The minimum absolute atomic E-state index is 0. The second-order valence-corrected chi connectivity index (χ2v) is 9.56. The van der Waals surface area contributed by atoms with E-state index >= 15 is 0 Å². The van der Waals surface area contributed by atoms with Crippen molar-refractivity contribution in [3.8, 4) is 24.3 Å². The predicted molar refractivity (Wildman–Crippen MR) is 88.4 cm³/mol. The Hall–Kier alpha value is -2.13. The van der Waals surface area contributed by atoms with Crippen molar-refractivity contribution in [1.29, 1.82) is 21.0 Å². The smallest absolute Gasteiger partial charge is 1.00 e. The molecule has 0 aliphatic carbocycles. The van der Waals surface area contributed by atoms with Gasteiger partial charge in [0.1, 0.15) is 0 Å². The summed E-state index contributed by atoms with van der Waals surface area (Å²) < 4.78 is 222. The summed E-state index contributed by atoms with van der Waals surface area (Å²) in [6.07, 6.45) is -26.1. The van der Waals surface area contributed by atoms with Crippen LogP contribution in [0, 0.1) is 45.3 Å². The molecule has 0 rings (SSSR count). The van der Waals surface area contributed by atoms with E-state index in [4.69, 9.17) is 21.0 Å². The minimum atomic E-state index is -15.0. The molecule has 0 unspecified atom stereocenters. The van der Waals surface area contributed by atoms with Gasteiger partial charge in [0.2, 0.25) is 0 Å². The zero-order valence-electron chi connectivity index (χ0n) is 18.3. The number of nitriles is 4. The van der Waals surface area contributed by atoms with Crippen LogP contribution in [-0.4, -0.2) is 35.5 Å². The summed E-state index contributed by atoms with van der Waals surface area (Å²) in [5, 5.41) is 29.3. The Morgan fingerprint density at radius 2 is 0.474 bits per heavy atom. The third kappa shape index (κ3) is 7.50. The summed E-state index contributed by atoms with van der Waals surface area (Å²) in [6, 6.07) is 7.00. The third-order valence-electron chi connectivity index (χ3n) is 2.82. The van der Waals surface area contributed by atoms with Crippen molar-refractivity contribution in [2.75, 3.05) is 0 Å². The number of hydrogen-bond donors (Lipinski definition) is 0. The van der Waals surface area contributed by atoms with Gasteiger partial charge in [0.25, 0.3) is 0 Å². The molecule has 0 saturated carbocycles. The molecular weight excluding hydrogens is 705 g/mol. The van der Waals surface area contributed by atoms with Gasteiger partial charge in [-0.05, 0) is 0 Å². The normalized spacial score (nSPS) is 13.6. The standard InChI is InChI=1S/C6F18P.4C2H3N.Ag/c7-1(8,9)4(16,17)25(22,23,24,5(18,19)2(10,11)12)6(20,21)3(13,14)15;4*1-2-3;/h;4*1H3;/q-1;;;;;+1. The molecule has 0 N–H and O–H groups in total. The van der Waals surface area contributed by atoms with Crippen LogP contribution in [0.4, 0.5) is 78.4 Å². The van der Waals surface area contributed by atoms with Gasteiger partial charge in [0.15, 0.2) is 0 Å². The molecule has 0 amide bonds. The number of hydrogen-bond acceptors (Lipinski definition) is 4. The van der Waals surface area contributed by atoms with Gasteiger partial charge >= 0.3 is 143 Å². The van der Waals surface area contributed by atoms with Crippen molar-refractivity contribution in [2.45, 2.75) is 63.2 Å². The largest absolute Gasteiger partial charge is 1.00 e. The Kier molecular flexibility index (Phi) is 18.4. The van der Waals surface area contributed by atoms with E-state index < -0.39 is 42.4 Å². The molecular formula is C14H12AgF18N4P. The molecule has 0 spiro atoms. The van der Waals surface area contributed by atoms with Crippen LogP contribution in [0.25, 0.3) is 0 Å². The Balaban J connectivity index is -0.000000166. The Morgan fingerprint density at radius 3 is 0.526 bits per heavy atom. The van der Waals surface area contributed by atoms with Gasteiger partial charge in [-0.25, -0.2) is 0 Å². The van der Waals surface area contributed by atoms with Gasteiger partial charge in [0.05, 0.1) is 24.3 Å². The number of alkyl halides is 15. The monoisotopic (exact) mass is 716 g/mol. The summed E-state index contributed by atoms with van der Waals surface area (Å²) in [5.74, 6) is 0. The quantitative estimate of drug-likeness (QED) is 0.165. The van der Waals surface area contributed by atoms with Crippen LogP contribution in [0.2, 0.25) is 0 Å². The minimum Gasteiger partial charge on any atom is 1.00 e. The Morgan fingerprint density at radius 1 is 0.395 bits per heavy atom. The number of halogens is 18. The molecule has 0 heterocycles. The van der Waals surface area contributed by atoms with E-state index in [0.717, 1.165) is 0 Å². The van der Waals surface area contributed by atoms with Crippen LogP contribution in [0.5, 0.6) is 0 Å². The SMILES string of the molecule is CC#N.CC#N.CC#N.CC#N.FC(F)(F)C(F)(F)[P-](F)(F)(F)(C(F)(F)C(F)(F)F)C(F)(F)C(F)(F)F.[Ag+]. The number of rotatable bonds is 3. The fourth-order valence-corrected chi connectivity index (χ4v) is 4.02. The summed E-state index contributed by atoms with van der Waals surface area (Å²) in [6.45, 7) is -9.28. The molecule has 0 saturated heterocycles. The molecule has 230 valence electrons. The summed E-state index contributed by atoms with van der Waals surface area (Å²) in [7, 11) is 0. The number of nitrogens with zero attached hydrogens (tertiary/aromatic N) is 4. The molecule has 0 atom stereocenters. The summed E-state index contributed by atoms with van der Waals surface area (Å²) in [4.78, 5) is 0. The average molecular weight is 717 g/mol. The first-order valence-corrected chi connectivity index (χ1v) is 10.0. The van der Waals surface area contributed by atoms with Crippen LogP contribution in [0.15, 0.2) is 0 Å². The van der Waals surface area contributed by atoms with Crippen molar-refractivity contribution in [3.63, 3.8) is 0 Å². The first-order chi connectivity index (χ1) is 15.7. The molecule has 0 aromatic carbocycles. The summed E-state index contributed by atoms with van der Waals surface area (Å²) >= 11 is 0. The van der Waals surface area contributed by atoms with E-state index in [0.29, 0.717) is 0 Å². The van der Waals surface area contributed by atoms with E-state index in [1.807, 2.05) is 0 Å². The van der Waals surface area contributed by atoms with Crippen molar-refractivity contribution in [1.82, 2.24) is 0 Å². The maximum atomic E-state index is 13.4. The van der Waals surface area contributed by atoms with Gasteiger partial charge in [-0.2, -0.15) is 21.0 Å². The second kappa shape index (κ2) is 14.3. The topological polar surface area (TPSA) is 95.2 Å². The average Bonchev–Trinajstić information content (AvgIpc) is 2.61. The first kappa shape index (κ1) is 48.9. The third-order valence-corrected chi connectivity index (χ3v) is 7.18. The molecule has 0 bridgehead atoms. The van der Waals surface area contributed by atoms with Crippen molar-refractivity contribution < 1.29 is 101 Å². The first-order valence-electron chi connectivity index (χ1n) is 7.66. The van der Waals surface area contributed by atoms with E-state index in [1.165, 1.54) is 27.7 Å². The van der Waals surface area contributed by atoms with Gasteiger partial charge in [-0.3, -0.25) is 0 Å². The maximum absolute atomic E-state index is 15.0. The van der Waals surface area contributed by atoms with Gasteiger partial charge in [0, 0.05) is 27.7 Å². The molecule has 38 heavy (non-hydrogen) atoms. The van der Waals surface area contributed by atoms with Crippen molar-refractivity contribution in [3.05, 3.63) is 0 Å². The van der Waals surface area contributed by atoms with Crippen LogP contribution < -0.4 is 0 Å². The van der Waals surface area contributed by atoms with Gasteiger partial charge < -0.3 is 0 Å². The van der Waals surface area contributed by atoms with E-state index in [2.05, 4.69) is 0 Å². The molecule has 0 aromatic heterocycles. The molecule has 24 heteroatoms. The Bertz CT molecular complexity index is 776. The zero-order valence-corrected chi connectivity index (χ0v) is 20.7. The summed E-state index contributed by atoms with van der Waals surface area (Å²) in [5.41, 5.74) is -29.3. The fraction of sp³-hybridized carbons (Fsp3) is 0.714. The second-order valence-electron chi connectivity index (χ2n) is 5.30. The molecule has 0 fully saturated rings. The van der Waals surface area contributed by atoms with E-state index in [1.54, 1.807) is 24.3 Å². The molecule has 0 aliphatic heterocycles. The molecule has 0 aromatic rings. The van der Waals surface area contributed by atoms with Crippen molar-refractivity contribution in [2.24, 2.45) is 0 Å². The maximum Gasteiger partial charge on any atom is 1.00 e. The van der Waals surface area contributed by atoms with Crippen LogP contribution >= 0.6 is 6.88 Å². The van der Waals surface area contributed by atoms with Crippen molar-refractivity contribution >= 4 is 6.88 Å². The fourth-order valence-electron chi connectivity index (χ4n) is 1.34. The molecule has 0 aliphatic rings. The Labute approximate surface area is 216 Å². The van der Waals surface area contributed by atoms with Gasteiger partial charge in [-0.15, -0.1) is 0 Å². The molecule has 4 nitrogen and oxygen atoms in total. The van der Waals surface area contributed by atoms with E-state index in [-0.39, 0.29) is 22.4 Å².